The van der Waals surface area contributed by atoms with Crippen molar-refractivity contribution >= 4 is 11.9 Å². The second-order valence-corrected chi connectivity index (χ2v) is 1.30. The van der Waals surface area contributed by atoms with Crippen LogP contribution in [0.3, 0.4) is 0 Å². The molecular weight excluding hydrogens is 120 g/mol. The summed E-state index contributed by atoms with van der Waals surface area (Å²) in [4.78, 5) is 20.1. The van der Waals surface area contributed by atoms with Gasteiger partial charge in [0.15, 0.2) is 0 Å². The van der Waals surface area contributed by atoms with E-state index < -0.39 is 5.97 Å². The third-order valence-corrected chi connectivity index (χ3v) is 0.650. The highest BCUT2D eigenvalue weighted by Gasteiger charge is 2.02. The molecule has 0 rings (SSSR count). The number of esters is 1. The van der Waals surface area contributed by atoms with Crippen molar-refractivity contribution in [3.63, 3.8) is 0 Å². The van der Waals surface area contributed by atoms with Gasteiger partial charge in [0.25, 0.3) is 0 Å². The molecule has 3 nitrogen and oxygen atoms in total. The Morgan fingerprint density at radius 1 is 1.78 bits per heavy atom. The molecule has 0 aromatic carbocycles. The van der Waals surface area contributed by atoms with Crippen LogP contribution in [0.4, 0.5) is 0 Å². The molecule has 0 amide bonds. The lowest BCUT2D eigenvalue weighted by Gasteiger charge is -1.90. The molecule has 0 aliphatic heterocycles. The molecule has 0 unspecified atom stereocenters. The van der Waals surface area contributed by atoms with Gasteiger partial charge in [-0.1, -0.05) is 6.58 Å². The van der Waals surface area contributed by atoms with Gasteiger partial charge < -0.3 is 4.74 Å². The van der Waals surface area contributed by atoms with E-state index in [1.54, 1.807) is 0 Å². The van der Waals surface area contributed by atoms with E-state index in [1.807, 2.05) is 0 Å². The Kier molecular flexibility index (Phi) is 3.09. The summed E-state index contributed by atoms with van der Waals surface area (Å²) in [5.74, 6) is 0.686. The Morgan fingerprint density at radius 2 is 2.33 bits per heavy atom. The molecule has 3 heteroatoms. The summed E-state index contributed by atoms with van der Waals surface area (Å²) in [6, 6.07) is 0. The van der Waals surface area contributed by atoms with Crippen LogP contribution in [0, 0.1) is 0 Å². The minimum Gasteiger partial charge on any atom is -0.431 e. The molecule has 0 radical (unpaired) electrons. The molecule has 48 valence electrons. The first-order valence-corrected chi connectivity index (χ1v) is 2.26. The summed E-state index contributed by atoms with van der Waals surface area (Å²) >= 11 is 0. The quantitative estimate of drug-likeness (QED) is 0.233. The first-order valence-electron chi connectivity index (χ1n) is 2.26. The smallest absolute Gasteiger partial charge is 0.349 e. The number of hydrogen-bond acceptors (Lipinski definition) is 3. The monoisotopic (exact) mass is 126 g/mol. The van der Waals surface area contributed by atoms with Crippen LogP contribution < -0.4 is 0 Å². The van der Waals surface area contributed by atoms with Crippen LogP contribution in [0.15, 0.2) is 18.4 Å². The first kappa shape index (κ1) is 7.66. The van der Waals surface area contributed by atoms with Crippen molar-refractivity contribution in [2.75, 3.05) is 0 Å². The number of hydrogen-bond donors (Lipinski definition) is 0. The van der Waals surface area contributed by atoms with Gasteiger partial charge in [0.2, 0.25) is 0 Å². The minimum atomic E-state index is -0.708. The summed E-state index contributed by atoms with van der Waals surface area (Å²) in [6.07, 6.45) is 0.961. The van der Waals surface area contributed by atoms with Gasteiger partial charge in [-0.3, -0.25) is 0 Å². The Hall–Kier alpha value is -1.34. The summed E-state index contributed by atoms with van der Waals surface area (Å²) in [7, 11) is 0. The molecule has 0 aromatic heterocycles. The second kappa shape index (κ2) is 3.64. The van der Waals surface area contributed by atoms with E-state index in [-0.39, 0.29) is 5.57 Å². The number of rotatable bonds is 2. The van der Waals surface area contributed by atoms with Crippen molar-refractivity contribution < 1.29 is 14.3 Å². The van der Waals surface area contributed by atoms with Crippen LogP contribution >= 0.6 is 0 Å². The molecule has 0 spiro atoms. The molecule has 0 aliphatic carbocycles. The predicted octanol–water partition coefficient (Wildman–Crippen LogP) is 0.451. The highest BCUT2D eigenvalue weighted by Crippen LogP contribution is 1.89. The molecular formula is C6H6O3. The topological polar surface area (TPSA) is 43.4 Å². The maximum atomic E-state index is 10.4. The third-order valence-electron chi connectivity index (χ3n) is 0.650. The van der Waals surface area contributed by atoms with Crippen molar-refractivity contribution in [2.45, 2.75) is 6.92 Å². The van der Waals surface area contributed by atoms with E-state index in [9.17, 15) is 9.59 Å². The van der Waals surface area contributed by atoms with E-state index >= 15 is 0 Å². The van der Waals surface area contributed by atoms with Gasteiger partial charge in [-0.2, -0.15) is 0 Å². The average molecular weight is 126 g/mol. The van der Waals surface area contributed by atoms with Gasteiger partial charge in [0.1, 0.15) is 11.5 Å². The molecule has 9 heavy (non-hydrogen) atoms. The van der Waals surface area contributed by atoms with Crippen molar-refractivity contribution in [3.8, 4) is 0 Å². The average Bonchev–Trinajstić information content (AvgIpc) is 1.87. The van der Waals surface area contributed by atoms with Gasteiger partial charge in [-0.15, -0.1) is 0 Å². The minimum absolute atomic E-state index is 0.0881. The maximum Gasteiger partial charge on any atom is 0.349 e. The van der Waals surface area contributed by atoms with Gasteiger partial charge in [-0.05, 0) is 6.92 Å². The van der Waals surface area contributed by atoms with Crippen LogP contribution in [-0.4, -0.2) is 11.9 Å². The van der Waals surface area contributed by atoms with Crippen molar-refractivity contribution in [2.24, 2.45) is 0 Å². The van der Waals surface area contributed by atoms with E-state index in [2.05, 4.69) is 11.3 Å². The van der Waals surface area contributed by atoms with Gasteiger partial charge in [0.05, 0.1) is 6.26 Å². The predicted molar refractivity (Wildman–Crippen MR) is 31.2 cm³/mol. The standard InChI is InChI=1S/C6H6O3/c1-3-9-6(8)5(2)4-7/h3H,1H2,2H3. The summed E-state index contributed by atoms with van der Waals surface area (Å²) in [6.45, 7) is 4.45. The fourth-order valence-electron chi connectivity index (χ4n) is 0.206. The van der Waals surface area contributed by atoms with Crippen LogP contribution in [0.1, 0.15) is 6.92 Å². The van der Waals surface area contributed by atoms with E-state index in [0.717, 1.165) is 6.26 Å². The molecule has 0 saturated carbocycles. The van der Waals surface area contributed by atoms with E-state index in [0.29, 0.717) is 0 Å². The lowest BCUT2D eigenvalue weighted by atomic mass is 10.4. The maximum absolute atomic E-state index is 10.4. The number of carbonyl (C=O) groups excluding carboxylic acids is 2. The zero-order valence-corrected chi connectivity index (χ0v) is 5.01. The molecule has 0 fully saturated rings. The SMILES string of the molecule is C=COC(=O)C(C)=C=O. The summed E-state index contributed by atoms with van der Waals surface area (Å²) in [5.41, 5.74) is -0.0881. The molecule has 0 N–H and O–H groups in total. The summed E-state index contributed by atoms with van der Waals surface area (Å²) in [5, 5.41) is 0. The molecule has 0 bridgehead atoms. The zero-order chi connectivity index (χ0) is 7.28. The normalized spacial score (nSPS) is 7.22. The Labute approximate surface area is 52.6 Å². The highest BCUT2D eigenvalue weighted by atomic mass is 16.5. The first-order chi connectivity index (χ1) is 4.22. The number of carbonyl (C=O) groups is 1. The third kappa shape index (κ3) is 2.46. The highest BCUT2D eigenvalue weighted by molar-refractivity contribution is 5.96. The zero-order valence-electron chi connectivity index (χ0n) is 5.01. The van der Waals surface area contributed by atoms with Crippen LogP contribution in [0.2, 0.25) is 0 Å². The van der Waals surface area contributed by atoms with Gasteiger partial charge in [-0.25, -0.2) is 9.59 Å². The van der Waals surface area contributed by atoms with Gasteiger partial charge >= 0.3 is 5.97 Å². The number of ether oxygens (including phenoxy) is 1. The van der Waals surface area contributed by atoms with Gasteiger partial charge in [0, 0.05) is 0 Å². The summed E-state index contributed by atoms with van der Waals surface area (Å²) < 4.78 is 4.22. The Balaban J connectivity index is 4.04. The van der Waals surface area contributed by atoms with Crippen LogP contribution in [0.25, 0.3) is 0 Å². The van der Waals surface area contributed by atoms with Crippen molar-refractivity contribution in [1.82, 2.24) is 0 Å². The fraction of sp³-hybridized carbons (Fsp3) is 0.167. The Morgan fingerprint density at radius 3 is 2.67 bits per heavy atom. The van der Waals surface area contributed by atoms with Crippen molar-refractivity contribution in [1.29, 1.82) is 0 Å². The van der Waals surface area contributed by atoms with Crippen LogP contribution in [0.5, 0.6) is 0 Å². The van der Waals surface area contributed by atoms with E-state index in [1.165, 1.54) is 12.9 Å². The second-order valence-electron chi connectivity index (χ2n) is 1.30. The molecule has 0 saturated heterocycles. The molecule has 0 aliphatic rings. The lowest BCUT2D eigenvalue weighted by molar-refractivity contribution is -0.133. The van der Waals surface area contributed by atoms with Crippen LogP contribution in [-0.2, 0) is 14.3 Å². The molecule has 0 aromatic rings. The Bertz CT molecular complexity index is 175. The molecule has 0 atom stereocenters. The largest absolute Gasteiger partial charge is 0.431 e. The molecule has 0 heterocycles. The van der Waals surface area contributed by atoms with E-state index in [4.69, 9.17) is 0 Å². The lowest BCUT2D eigenvalue weighted by Crippen LogP contribution is -2.00. The fourth-order valence-corrected chi connectivity index (χ4v) is 0.206. The van der Waals surface area contributed by atoms with Crippen molar-refractivity contribution in [3.05, 3.63) is 18.4 Å².